The van der Waals surface area contributed by atoms with E-state index < -0.39 is 0 Å². The van der Waals surface area contributed by atoms with Crippen molar-refractivity contribution >= 4 is 34.8 Å². The van der Waals surface area contributed by atoms with E-state index in [2.05, 4.69) is 21.0 Å². The highest BCUT2D eigenvalue weighted by molar-refractivity contribution is 5.93. The van der Waals surface area contributed by atoms with Crippen molar-refractivity contribution in [2.75, 3.05) is 25.6 Å². The van der Waals surface area contributed by atoms with Crippen LogP contribution in [0, 0.1) is 12.8 Å². The molecule has 1 heterocycles. The first-order valence-corrected chi connectivity index (χ1v) is 10.2. The Hall–Kier alpha value is -2.94. The third-order valence-corrected chi connectivity index (χ3v) is 5.41. The number of methoxy groups -OCH3 is 1. The first kappa shape index (κ1) is 21.8. The molecule has 2 atom stereocenters. The number of hydrogen-bond acceptors (Lipinski definition) is 5. The van der Waals surface area contributed by atoms with Gasteiger partial charge in [0.1, 0.15) is 12.8 Å². The average Bonchev–Trinajstić information content (AvgIpc) is 3.26. The molecule has 1 aliphatic rings. The second-order valence-corrected chi connectivity index (χ2v) is 7.69. The van der Waals surface area contributed by atoms with Crippen molar-refractivity contribution in [1.29, 1.82) is 0 Å². The largest absolute Gasteiger partial charge is 0.383 e. The van der Waals surface area contributed by atoms with Gasteiger partial charge in [-0.2, -0.15) is 5.10 Å². The Kier molecular flexibility index (Phi) is 7.40. The molecule has 1 saturated carbocycles. The second-order valence-electron chi connectivity index (χ2n) is 7.69. The van der Waals surface area contributed by atoms with Gasteiger partial charge in [-0.25, -0.2) is 4.79 Å². The molecule has 30 heavy (non-hydrogen) atoms. The zero-order valence-electron chi connectivity index (χ0n) is 17.4. The molecule has 3 amide bonds. The SMILES string of the molecule is COCCNC(=O)Nc1ccc2c(c1)c(C)nn2CC(=O)NC1CCC(CC=O)C1. The number of nitrogens with zero attached hydrogens (tertiary/aromatic N) is 2. The van der Waals surface area contributed by atoms with Gasteiger partial charge in [0.2, 0.25) is 5.91 Å². The molecular formula is C21H29N5O4. The summed E-state index contributed by atoms with van der Waals surface area (Å²) in [6, 6.07) is 5.30. The molecule has 162 valence electrons. The number of amides is 3. The molecule has 0 bridgehead atoms. The zero-order valence-corrected chi connectivity index (χ0v) is 17.4. The normalized spacial score (nSPS) is 18.3. The van der Waals surface area contributed by atoms with E-state index in [9.17, 15) is 14.4 Å². The van der Waals surface area contributed by atoms with Crippen molar-refractivity contribution in [3.8, 4) is 0 Å². The summed E-state index contributed by atoms with van der Waals surface area (Å²) in [5.74, 6) is 0.286. The van der Waals surface area contributed by atoms with Crippen molar-refractivity contribution in [2.45, 2.75) is 45.2 Å². The van der Waals surface area contributed by atoms with Gasteiger partial charge in [-0.15, -0.1) is 0 Å². The predicted octanol–water partition coefficient (Wildman–Crippen LogP) is 1.99. The Morgan fingerprint density at radius 3 is 2.93 bits per heavy atom. The van der Waals surface area contributed by atoms with Crippen LogP contribution in [0.2, 0.25) is 0 Å². The molecule has 1 aromatic carbocycles. The molecular weight excluding hydrogens is 386 g/mol. The summed E-state index contributed by atoms with van der Waals surface area (Å²) in [5.41, 5.74) is 2.27. The number of nitrogens with one attached hydrogen (secondary N) is 3. The molecule has 2 unspecified atom stereocenters. The molecule has 0 spiro atoms. The lowest BCUT2D eigenvalue weighted by Gasteiger charge is -2.13. The number of urea groups is 1. The van der Waals surface area contributed by atoms with Crippen LogP contribution in [0.15, 0.2) is 18.2 Å². The molecule has 3 N–H and O–H groups in total. The minimum absolute atomic E-state index is 0.0872. The van der Waals surface area contributed by atoms with Gasteiger partial charge in [0, 0.05) is 37.2 Å². The Labute approximate surface area is 175 Å². The third kappa shape index (κ3) is 5.56. The number of aryl methyl sites for hydroxylation is 1. The summed E-state index contributed by atoms with van der Waals surface area (Å²) in [6.45, 7) is 2.87. The van der Waals surface area contributed by atoms with Gasteiger partial charge in [-0.05, 0) is 50.3 Å². The van der Waals surface area contributed by atoms with Gasteiger partial charge >= 0.3 is 6.03 Å². The van der Waals surface area contributed by atoms with Gasteiger partial charge in [0.25, 0.3) is 0 Å². The summed E-state index contributed by atoms with van der Waals surface area (Å²) in [7, 11) is 1.58. The van der Waals surface area contributed by atoms with Gasteiger partial charge in [0.15, 0.2) is 0 Å². The highest BCUT2D eigenvalue weighted by Gasteiger charge is 2.25. The van der Waals surface area contributed by atoms with Gasteiger partial charge in [0.05, 0.1) is 17.8 Å². The average molecular weight is 415 g/mol. The Bertz CT molecular complexity index is 910. The standard InChI is InChI=1S/C21H29N5O4/c1-14-18-12-17(24-21(29)22-8-10-30-2)5-6-19(18)26(25-14)13-20(28)23-16-4-3-15(11-16)7-9-27/h5-6,9,12,15-16H,3-4,7-8,10-11,13H2,1-2H3,(H,23,28)(H2,22,24,29). The molecule has 1 aromatic heterocycles. The van der Waals surface area contributed by atoms with Crippen molar-refractivity contribution in [3.63, 3.8) is 0 Å². The van der Waals surface area contributed by atoms with Crippen molar-refractivity contribution in [2.24, 2.45) is 5.92 Å². The topological polar surface area (TPSA) is 114 Å². The van der Waals surface area contributed by atoms with Crippen molar-refractivity contribution in [1.82, 2.24) is 20.4 Å². The molecule has 1 aliphatic carbocycles. The molecule has 9 nitrogen and oxygen atoms in total. The highest BCUT2D eigenvalue weighted by atomic mass is 16.5. The van der Waals surface area contributed by atoms with Crippen LogP contribution < -0.4 is 16.0 Å². The Balaban J connectivity index is 1.61. The van der Waals surface area contributed by atoms with Gasteiger partial charge < -0.3 is 25.5 Å². The highest BCUT2D eigenvalue weighted by Crippen LogP contribution is 2.27. The van der Waals surface area contributed by atoms with Crippen LogP contribution in [0.3, 0.4) is 0 Å². The fourth-order valence-electron chi connectivity index (χ4n) is 3.95. The van der Waals surface area contributed by atoms with E-state index in [1.807, 2.05) is 19.1 Å². The van der Waals surface area contributed by atoms with Crippen LogP contribution in [-0.4, -0.2) is 54.3 Å². The van der Waals surface area contributed by atoms with E-state index in [1.54, 1.807) is 17.9 Å². The van der Waals surface area contributed by atoms with Crippen molar-refractivity contribution < 1.29 is 19.1 Å². The van der Waals surface area contributed by atoms with E-state index >= 15 is 0 Å². The predicted molar refractivity (Wildman–Crippen MR) is 113 cm³/mol. The first-order valence-electron chi connectivity index (χ1n) is 10.2. The van der Waals surface area contributed by atoms with Crippen LogP contribution in [-0.2, 0) is 20.9 Å². The maximum Gasteiger partial charge on any atom is 0.319 e. The van der Waals surface area contributed by atoms with Crippen LogP contribution >= 0.6 is 0 Å². The van der Waals surface area contributed by atoms with E-state index in [4.69, 9.17) is 4.74 Å². The lowest BCUT2D eigenvalue weighted by molar-refractivity contribution is -0.122. The summed E-state index contributed by atoms with van der Waals surface area (Å²) in [4.78, 5) is 35.1. The monoisotopic (exact) mass is 415 g/mol. The van der Waals surface area contributed by atoms with Gasteiger partial charge in [-0.3, -0.25) is 9.48 Å². The van der Waals surface area contributed by atoms with E-state index in [-0.39, 0.29) is 24.5 Å². The number of aldehydes is 1. The summed E-state index contributed by atoms with van der Waals surface area (Å²) < 4.78 is 6.59. The summed E-state index contributed by atoms with van der Waals surface area (Å²) in [6.07, 6.45) is 4.26. The number of ether oxygens (including phenoxy) is 1. The summed E-state index contributed by atoms with van der Waals surface area (Å²) in [5, 5.41) is 13.9. The smallest absolute Gasteiger partial charge is 0.319 e. The maximum atomic E-state index is 12.5. The van der Waals surface area contributed by atoms with Crippen LogP contribution in [0.25, 0.3) is 10.9 Å². The minimum Gasteiger partial charge on any atom is -0.383 e. The van der Waals surface area contributed by atoms with Crippen LogP contribution in [0.1, 0.15) is 31.4 Å². The molecule has 0 saturated heterocycles. The number of hydrogen-bond donors (Lipinski definition) is 3. The Morgan fingerprint density at radius 1 is 1.33 bits per heavy atom. The fraction of sp³-hybridized carbons (Fsp3) is 0.524. The number of fused-ring (bicyclic) bond motifs is 1. The third-order valence-electron chi connectivity index (χ3n) is 5.41. The number of anilines is 1. The number of aromatic nitrogens is 2. The van der Waals surface area contributed by atoms with Crippen LogP contribution in [0.5, 0.6) is 0 Å². The number of rotatable bonds is 9. The van der Waals surface area contributed by atoms with E-state index in [0.717, 1.165) is 42.1 Å². The minimum atomic E-state index is -0.305. The molecule has 0 aliphatic heterocycles. The maximum absolute atomic E-state index is 12.5. The number of benzene rings is 1. The molecule has 3 rings (SSSR count). The molecule has 0 radical (unpaired) electrons. The lowest BCUT2D eigenvalue weighted by atomic mass is 10.1. The van der Waals surface area contributed by atoms with Crippen LogP contribution in [0.4, 0.5) is 10.5 Å². The number of carbonyl (C=O) groups is 3. The zero-order chi connectivity index (χ0) is 21.5. The van der Waals surface area contributed by atoms with E-state index in [0.29, 0.717) is 31.2 Å². The van der Waals surface area contributed by atoms with Crippen molar-refractivity contribution in [3.05, 3.63) is 23.9 Å². The van der Waals surface area contributed by atoms with Gasteiger partial charge in [-0.1, -0.05) is 0 Å². The molecule has 2 aromatic rings. The quantitative estimate of drug-likeness (QED) is 0.428. The first-order chi connectivity index (χ1) is 14.5. The molecule has 1 fully saturated rings. The van der Waals surface area contributed by atoms with E-state index in [1.165, 1.54) is 0 Å². The number of carbonyl (C=O) groups excluding carboxylic acids is 3. The lowest BCUT2D eigenvalue weighted by Crippen LogP contribution is -2.35. The fourth-order valence-corrected chi connectivity index (χ4v) is 3.95. The molecule has 9 heteroatoms. The summed E-state index contributed by atoms with van der Waals surface area (Å²) >= 11 is 0. The Morgan fingerprint density at radius 2 is 2.17 bits per heavy atom. The second kappa shape index (κ2) is 10.2.